The third-order valence-electron chi connectivity index (χ3n) is 4.49. The number of hydrogen-bond acceptors (Lipinski definition) is 5. The van der Waals surface area contributed by atoms with E-state index in [-0.39, 0.29) is 16.9 Å². The van der Waals surface area contributed by atoms with E-state index in [1.165, 1.54) is 24.3 Å². The minimum atomic E-state index is -1.07. The zero-order chi connectivity index (χ0) is 22.1. The highest BCUT2D eigenvalue weighted by Crippen LogP contribution is 2.27. The van der Waals surface area contributed by atoms with E-state index in [9.17, 15) is 19.2 Å². The Labute approximate surface area is 183 Å². The van der Waals surface area contributed by atoms with Crippen molar-refractivity contribution < 1.29 is 28.7 Å². The first-order valence-corrected chi connectivity index (χ1v) is 9.73. The van der Waals surface area contributed by atoms with Crippen molar-refractivity contribution in [2.75, 3.05) is 4.90 Å². The first-order valence-electron chi connectivity index (χ1n) is 8.94. The molecule has 1 aliphatic heterocycles. The molecule has 0 bridgehead atoms. The summed E-state index contributed by atoms with van der Waals surface area (Å²) < 4.78 is 6.44. The minimum absolute atomic E-state index is 0.0966. The zero-order valence-corrected chi connectivity index (χ0v) is 17.3. The molecule has 9 heteroatoms. The second kappa shape index (κ2) is 8.04. The molecule has 1 fully saturated rings. The Hall–Kier alpha value is -3.98. The Balaban J connectivity index is 1.66. The maximum absolute atomic E-state index is 12.9. The van der Waals surface area contributed by atoms with E-state index in [2.05, 4.69) is 21.2 Å². The number of carboxylic acids is 1. The van der Waals surface area contributed by atoms with Gasteiger partial charge in [-0.25, -0.2) is 14.5 Å². The van der Waals surface area contributed by atoms with Crippen molar-refractivity contribution in [3.05, 3.63) is 82.0 Å². The van der Waals surface area contributed by atoms with Gasteiger partial charge in [-0.15, -0.1) is 0 Å². The number of carboxylic acid groups (broad SMARTS) is 1. The molecule has 31 heavy (non-hydrogen) atoms. The molecule has 0 saturated carbocycles. The van der Waals surface area contributed by atoms with Crippen LogP contribution < -0.4 is 10.2 Å². The lowest BCUT2D eigenvalue weighted by molar-refractivity contribution is -0.122. The number of nitrogens with one attached hydrogen (secondary N) is 1. The molecule has 4 amide bonds. The van der Waals surface area contributed by atoms with Gasteiger partial charge < -0.3 is 9.52 Å². The third-order valence-corrected chi connectivity index (χ3v) is 5.02. The summed E-state index contributed by atoms with van der Waals surface area (Å²) in [7, 11) is 0. The fraction of sp³-hybridized carbons (Fsp3) is 0. The van der Waals surface area contributed by atoms with Crippen LogP contribution in [0.15, 0.2) is 75.1 Å². The molecule has 0 unspecified atom stereocenters. The Morgan fingerprint density at radius 2 is 1.77 bits per heavy atom. The third kappa shape index (κ3) is 4.03. The molecule has 0 radical (unpaired) electrons. The van der Waals surface area contributed by atoms with E-state index in [0.29, 0.717) is 17.0 Å². The van der Waals surface area contributed by atoms with Crippen LogP contribution in [0.4, 0.5) is 10.5 Å². The molecule has 0 atom stereocenters. The molecule has 1 aromatic heterocycles. The highest BCUT2D eigenvalue weighted by Gasteiger charge is 2.37. The number of nitrogens with zero attached hydrogens (tertiary/aromatic N) is 1. The number of anilines is 1. The van der Waals surface area contributed by atoms with Crippen LogP contribution in [0.2, 0.25) is 0 Å². The van der Waals surface area contributed by atoms with Gasteiger partial charge in [-0.1, -0.05) is 28.1 Å². The number of barbiturate groups is 1. The van der Waals surface area contributed by atoms with Crippen LogP contribution in [-0.4, -0.2) is 28.9 Å². The van der Waals surface area contributed by atoms with Crippen molar-refractivity contribution in [3.8, 4) is 11.3 Å². The van der Waals surface area contributed by atoms with E-state index in [4.69, 9.17) is 9.52 Å². The summed E-state index contributed by atoms with van der Waals surface area (Å²) in [5.74, 6) is -2.15. The Kier molecular flexibility index (Phi) is 5.26. The summed E-state index contributed by atoms with van der Waals surface area (Å²) in [6, 6.07) is 14.9. The first-order chi connectivity index (χ1) is 14.8. The number of benzene rings is 2. The van der Waals surface area contributed by atoms with Crippen LogP contribution in [0.3, 0.4) is 0 Å². The number of furan rings is 1. The molecular formula is C22H13BrN2O6. The fourth-order valence-corrected chi connectivity index (χ4v) is 3.28. The standard InChI is InChI=1S/C22H13BrN2O6/c23-14-4-6-15(7-5-14)25-20(27)17(19(26)24-22(25)30)11-16-8-9-18(31-16)12-2-1-3-13(10-12)21(28)29/h1-11H,(H,28,29)(H,24,26,30)/b17-11+. The predicted molar refractivity (Wildman–Crippen MR) is 114 cm³/mol. The number of urea groups is 1. The Bertz CT molecular complexity index is 1260. The Morgan fingerprint density at radius 1 is 1.03 bits per heavy atom. The van der Waals surface area contributed by atoms with Crippen molar-refractivity contribution >= 4 is 51.5 Å². The number of carbonyl (C=O) groups excluding carboxylic acids is 3. The van der Waals surface area contributed by atoms with Gasteiger partial charge in [0.15, 0.2) is 0 Å². The molecule has 1 aliphatic rings. The van der Waals surface area contributed by atoms with Crippen LogP contribution >= 0.6 is 15.9 Å². The molecule has 8 nitrogen and oxygen atoms in total. The molecular weight excluding hydrogens is 468 g/mol. The quantitative estimate of drug-likeness (QED) is 0.429. The molecule has 0 aliphatic carbocycles. The average molecular weight is 481 g/mol. The SMILES string of the molecule is O=C1NC(=O)N(c2ccc(Br)cc2)C(=O)/C1=C/c1ccc(-c2cccc(C(=O)O)c2)o1. The van der Waals surface area contributed by atoms with Crippen LogP contribution in [0.1, 0.15) is 16.1 Å². The zero-order valence-electron chi connectivity index (χ0n) is 15.7. The maximum Gasteiger partial charge on any atom is 0.335 e. The largest absolute Gasteiger partial charge is 0.478 e. The highest BCUT2D eigenvalue weighted by atomic mass is 79.9. The summed E-state index contributed by atoms with van der Waals surface area (Å²) in [4.78, 5) is 49.4. The van der Waals surface area contributed by atoms with Crippen molar-refractivity contribution in [1.29, 1.82) is 0 Å². The summed E-state index contributed by atoms with van der Waals surface area (Å²) >= 11 is 3.28. The normalized spacial score (nSPS) is 15.3. The molecule has 0 spiro atoms. The topological polar surface area (TPSA) is 117 Å². The van der Waals surface area contributed by atoms with Crippen molar-refractivity contribution in [1.82, 2.24) is 5.32 Å². The predicted octanol–water partition coefficient (Wildman–Crippen LogP) is 4.07. The molecule has 2 heterocycles. The van der Waals surface area contributed by atoms with Gasteiger partial charge in [0.25, 0.3) is 11.8 Å². The molecule has 154 valence electrons. The molecule has 2 aromatic carbocycles. The average Bonchev–Trinajstić information content (AvgIpc) is 3.21. The second-order valence-corrected chi connectivity index (χ2v) is 7.44. The number of amides is 4. The lowest BCUT2D eigenvalue weighted by Gasteiger charge is -2.26. The van der Waals surface area contributed by atoms with Gasteiger partial charge in [-0.2, -0.15) is 0 Å². The van der Waals surface area contributed by atoms with Crippen molar-refractivity contribution in [2.45, 2.75) is 0 Å². The van der Waals surface area contributed by atoms with Gasteiger partial charge in [0, 0.05) is 10.0 Å². The van der Waals surface area contributed by atoms with E-state index in [1.807, 2.05) is 0 Å². The van der Waals surface area contributed by atoms with Crippen LogP contribution in [-0.2, 0) is 9.59 Å². The van der Waals surface area contributed by atoms with Gasteiger partial charge in [-0.3, -0.25) is 14.9 Å². The molecule has 1 saturated heterocycles. The lowest BCUT2D eigenvalue weighted by Crippen LogP contribution is -2.54. The maximum atomic E-state index is 12.9. The first kappa shape index (κ1) is 20.3. The smallest absolute Gasteiger partial charge is 0.335 e. The van der Waals surface area contributed by atoms with Crippen molar-refractivity contribution in [2.24, 2.45) is 0 Å². The van der Waals surface area contributed by atoms with E-state index >= 15 is 0 Å². The second-order valence-electron chi connectivity index (χ2n) is 6.52. The van der Waals surface area contributed by atoms with E-state index in [0.717, 1.165) is 9.37 Å². The summed E-state index contributed by atoms with van der Waals surface area (Å²) in [6.45, 7) is 0. The minimum Gasteiger partial charge on any atom is -0.478 e. The van der Waals surface area contributed by atoms with E-state index in [1.54, 1.807) is 42.5 Å². The van der Waals surface area contributed by atoms with E-state index < -0.39 is 23.8 Å². The van der Waals surface area contributed by atoms with Crippen molar-refractivity contribution in [3.63, 3.8) is 0 Å². The summed E-state index contributed by atoms with van der Waals surface area (Å²) in [6.07, 6.45) is 1.24. The van der Waals surface area contributed by atoms with Gasteiger partial charge in [0.05, 0.1) is 11.3 Å². The molecule has 3 aromatic rings. The van der Waals surface area contributed by atoms with Gasteiger partial charge in [-0.05, 0) is 54.6 Å². The van der Waals surface area contributed by atoms with Gasteiger partial charge >= 0.3 is 12.0 Å². The van der Waals surface area contributed by atoms with Crippen LogP contribution in [0.25, 0.3) is 17.4 Å². The van der Waals surface area contributed by atoms with Gasteiger partial charge in [0.2, 0.25) is 0 Å². The summed E-state index contributed by atoms with van der Waals surface area (Å²) in [5, 5.41) is 11.3. The fourth-order valence-electron chi connectivity index (χ4n) is 3.02. The molecule has 4 rings (SSSR count). The van der Waals surface area contributed by atoms with Gasteiger partial charge in [0.1, 0.15) is 17.1 Å². The number of hydrogen-bond donors (Lipinski definition) is 2. The molecule has 2 N–H and O–H groups in total. The van der Waals surface area contributed by atoms with Crippen LogP contribution in [0, 0.1) is 0 Å². The summed E-state index contributed by atoms with van der Waals surface area (Å²) in [5.41, 5.74) is 0.646. The number of halogens is 1. The monoisotopic (exact) mass is 480 g/mol. The van der Waals surface area contributed by atoms with Crippen LogP contribution in [0.5, 0.6) is 0 Å². The lowest BCUT2D eigenvalue weighted by atomic mass is 10.1. The Morgan fingerprint density at radius 3 is 2.48 bits per heavy atom. The number of aromatic carboxylic acids is 1. The highest BCUT2D eigenvalue weighted by molar-refractivity contribution is 9.10. The number of carbonyl (C=O) groups is 4. The number of imide groups is 2. The number of rotatable bonds is 4.